The van der Waals surface area contributed by atoms with Gasteiger partial charge >= 0.3 is 5.97 Å². The van der Waals surface area contributed by atoms with Crippen molar-refractivity contribution < 1.29 is 38.7 Å². The average Bonchev–Trinajstić information content (AvgIpc) is 3.24. The number of amides is 6. The lowest BCUT2D eigenvalue weighted by Crippen LogP contribution is -2.60. The number of nitrogens with zero attached hydrogens (tertiary/aromatic N) is 2. The van der Waals surface area contributed by atoms with Crippen molar-refractivity contribution in [2.24, 2.45) is 32.9 Å². The second-order valence-electron chi connectivity index (χ2n) is 14.3. The average molecular weight is 905 g/mol. The number of nitrogens with one attached hydrogen (secondary N) is 6. The summed E-state index contributed by atoms with van der Waals surface area (Å²) < 4.78 is 0. The van der Waals surface area contributed by atoms with Crippen LogP contribution in [0.5, 0.6) is 0 Å². The molecule has 0 bridgehead atoms. The predicted molar refractivity (Wildman–Crippen MR) is 241 cm³/mol. The van der Waals surface area contributed by atoms with Gasteiger partial charge in [-0.05, 0) is 55.2 Å². The van der Waals surface area contributed by atoms with E-state index in [1.54, 1.807) is 60.7 Å². The summed E-state index contributed by atoms with van der Waals surface area (Å²) in [7, 11) is 2.03. The fourth-order valence-corrected chi connectivity index (χ4v) is 8.37. The quantitative estimate of drug-likeness (QED) is 0.0407. The molecule has 4 rings (SSSR count). The van der Waals surface area contributed by atoms with Crippen molar-refractivity contribution in [1.29, 1.82) is 0 Å². The zero-order valence-electron chi connectivity index (χ0n) is 34.3. The van der Waals surface area contributed by atoms with Crippen molar-refractivity contribution >= 4 is 80.6 Å². The molecule has 6 atom stereocenters. The molecule has 63 heavy (non-hydrogen) atoms. The van der Waals surface area contributed by atoms with Gasteiger partial charge in [0.2, 0.25) is 29.5 Å². The van der Waals surface area contributed by atoms with Crippen LogP contribution < -0.4 is 54.8 Å². The first-order chi connectivity index (χ1) is 30.1. The smallest absolute Gasteiger partial charge is 0.327 e. The molecule has 15 N–H and O–H groups in total. The molecule has 6 amide bonds. The van der Waals surface area contributed by atoms with Crippen LogP contribution in [-0.4, -0.2) is 113 Å². The Morgan fingerprint density at radius 1 is 0.714 bits per heavy atom. The Labute approximate surface area is 371 Å². The molecule has 22 heteroatoms. The summed E-state index contributed by atoms with van der Waals surface area (Å²) >= 11 is 0. The first-order valence-electron chi connectivity index (χ1n) is 19.7. The topological polar surface area (TPSA) is 341 Å². The van der Waals surface area contributed by atoms with Gasteiger partial charge in [-0.1, -0.05) is 82.3 Å². The van der Waals surface area contributed by atoms with Gasteiger partial charge in [0.05, 0.1) is 5.69 Å². The van der Waals surface area contributed by atoms with Crippen molar-refractivity contribution in [3.8, 4) is 0 Å². The molecule has 1 saturated heterocycles. The Bertz CT molecular complexity index is 2120. The number of carboxylic acid groups (broad SMARTS) is 1. The highest BCUT2D eigenvalue weighted by Crippen LogP contribution is 2.24. The zero-order chi connectivity index (χ0) is 45.9. The molecule has 0 aromatic heterocycles. The van der Waals surface area contributed by atoms with Gasteiger partial charge in [-0.15, -0.1) is 0 Å². The standard InChI is InChI=1S/C41H52N12O8S2/c1-23(47-34(55)26-14-16-27(17-15-26)48-41(44)45)33(54)52-31-21-62-63-22-32(39(60)61)53-37(58)30(20-25-11-6-3-7-12-25)51-36(57)29(19-24-9-4-2-5-10-24)50-35(56)28(49-38(31)59)13-8-18-46-40(42)43/h2-7,9-12,14-17,23,28-32H,8,13,18-22H2,1H3,(H,47,55)(H,49,59)(H,50,56)(H,51,57)(H,52,54)(H,53,58)(H,60,61)(H4,42,43,46)(H4,44,45,48)/t23-,28-,29-,30-,31-,32-/m0/s1. The Morgan fingerprint density at radius 2 is 1.24 bits per heavy atom. The number of guanidine groups is 2. The van der Waals surface area contributed by atoms with Crippen molar-refractivity contribution in [2.75, 3.05) is 18.1 Å². The summed E-state index contributed by atoms with van der Waals surface area (Å²) in [6.45, 7) is 1.50. The number of hydrogen-bond donors (Lipinski definition) is 11. The maximum atomic E-state index is 14.2. The number of hydrogen-bond acceptors (Lipinski definition) is 11. The predicted octanol–water partition coefficient (Wildman–Crippen LogP) is -0.848. The lowest BCUT2D eigenvalue weighted by molar-refractivity contribution is -0.141. The molecule has 336 valence electrons. The van der Waals surface area contributed by atoms with Gasteiger partial charge in [0.1, 0.15) is 36.3 Å². The fourth-order valence-electron chi connectivity index (χ4n) is 6.05. The summed E-state index contributed by atoms with van der Waals surface area (Å²) in [5, 5.41) is 26.0. The maximum Gasteiger partial charge on any atom is 0.327 e. The van der Waals surface area contributed by atoms with Crippen LogP contribution in [0.15, 0.2) is 94.9 Å². The molecule has 0 saturated carbocycles. The van der Waals surface area contributed by atoms with Crippen LogP contribution in [0.3, 0.4) is 0 Å². The minimum atomic E-state index is -1.43. The van der Waals surface area contributed by atoms with Gasteiger partial charge in [0, 0.05) is 36.5 Å². The highest BCUT2D eigenvalue weighted by Gasteiger charge is 2.34. The summed E-state index contributed by atoms with van der Waals surface area (Å²) in [6, 6.07) is 15.7. The molecular weight excluding hydrogens is 853 g/mol. The Kier molecular flexibility index (Phi) is 19.1. The fraction of sp³-hybridized carbons (Fsp3) is 0.341. The van der Waals surface area contributed by atoms with Crippen molar-refractivity contribution in [3.63, 3.8) is 0 Å². The minimum Gasteiger partial charge on any atom is -0.480 e. The molecule has 20 nitrogen and oxygen atoms in total. The maximum absolute atomic E-state index is 14.2. The molecule has 1 heterocycles. The molecule has 1 aliphatic heterocycles. The summed E-state index contributed by atoms with van der Waals surface area (Å²) in [4.78, 5) is 103. The Balaban J connectivity index is 1.65. The van der Waals surface area contributed by atoms with Gasteiger partial charge in [0.15, 0.2) is 11.9 Å². The number of nitrogens with two attached hydrogens (primary N) is 4. The van der Waals surface area contributed by atoms with Crippen molar-refractivity contribution in [2.45, 2.75) is 68.9 Å². The highest BCUT2D eigenvalue weighted by atomic mass is 33.1. The van der Waals surface area contributed by atoms with Crippen LogP contribution in [0.1, 0.15) is 41.3 Å². The van der Waals surface area contributed by atoms with E-state index in [0.717, 1.165) is 21.6 Å². The molecular formula is C41H52N12O8S2. The molecule has 1 aliphatic rings. The number of carboxylic acids is 1. The third kappa shape index (κ3) is 16.5. The SMILES string of the molecule is C[C@H](NC(=O)c1ccc(N=C(N)N)cc1)C(=O)N[C@H]1CSSC[C@@H](C(=O)O)NC(=O)[C@H](Cc2ccccc2)NC(=O)[C@H](Cc2ccccc2)NC(=O)[C@H](CCCN=C(N)N)NC1=O. The third-order valence-electron chi connectivity index (χ3n) is 9.34. The van der Waals surface area contributed by atoms with Gasteiger partial charge in [-0.3, -0.25) is 33.8 Å². The first-order valence-corrected chi connectivity index (χ1v) is 22.2. The highest BCUT2D eigenvalue weighted by molar-refractivity contribution is 8.76. The molecule has 0 spiro atoms. The normalized spacial score (nSPS) is 20.5. The van der Waals surface area contributed by atoms with E-state index in [1.165, 1.54) is 31.2 Å². The molecule has 1 fully saturated rings. The number of carbonyl (C=O) groups is 7. The summed E-state index contributed by atoms with van der Waals surface area (Å²) in [6.07, 6.45) is 0.165. The van der Waals surface area contributed by atoms with Crippen molar-refractivity contribution in [3.05, 3.63) is 102 Å². The van der Waals surface area contributed by atoms with Crippen LogP contribution in [0.2, 0.25) is 0 Å². The van der Waals surface area contributed by atoms with Crippen LogP contribution in [0.25, 0.3) is 0 Å². The van der Waals surface area contributed by atoms with Gasteiger partial charge in [-0.2, -0.15) is 0 Å². The van der Waals surface area contributed by atoms with Crippen molar-refractivity contribution in [1.82, 2.24) is 31.9 Å². The number of aliphatic imine (C=N–C) groups is 2. The lowest BCUT2D eigenvalue weighted by atomic mass is 10.0. The Hall–Kier alpha value is -6.81. The summed E-state index contributed by atoms with van der Waals surface area (Å²) in [5.41, 5.74) is 23.8. The van der Waals surface area contributed by atoms with E-state index in [1.807, 2.05) is 0 Å². The molecule has 0 unspecified atom stereocenters. The Morgan fingerprint density at radius 3 is 1.78 bits per heavy atom. The van der Waals surface area contributed by atoms with E-state index in [9.17, 15) is 38.7 Å². The summed E-state index contributed by atoms with van der Waals surface area (Å²) in [5.74, 6) is -6.50. The molecule has 0 radical (unpaired) electrons. The lowest BCUT2D eigenvalue weighted by Gasteiger charge is -2.27. The second-order valence-corrected chi connectivity index (χ2v) is 16.9. The van der Waals surface area contributed by atoms with E-state index >= 15 is 0 Å². The third-order valence-corrected chi connectivity index (χ3v) is 11.8. The second kappa shape index (κ2) is 24.6. The molecule has 0 aliphatic carbocycles. The van der Waals surface area contributed by atoms with E-state index < -0.39 is 77.7 Å². The van der Waals surface area contributed by atoms with Crippen LogP contribution >= 0.6 is 21.6 Å². The van der Waals surface area contributed by atoms with Crippen LogP contribution in [0.4, 0.5) is 5.69 Å². The number of aliphatic carboxylic acids is 1. The van der Waals surface area contributed by atoms with Gasteiger partial charge < -0.3 is 59.9 Å². The van der Waals surface area contributed by atoms with Gasteiger partial charge in [0.25, 0.3) is 5.91 Å². The first kappa shape index (κ1) is 48.9. The van der Waals surface area contributed by atoms with Crippen LogP contribution in [-0.2, 0) is 41.6 Å². The molecule has 3 aromatic carbocycles. The van der Waals surface area contributed by atoms with E-state index in [-0.39, 0.29) is 61.2 Å². The van der Waals surface area contributed by atoms with E-state index in [4.69, 9.17) is 22.9 Å². The zero-order valence-corrected chi connectivity index (χ0v) is 36.0. The molecule has 3 aromatic rings. The van der Waals surface area contributed by atoms with Gasteiger partial charge in [-0.25, -0.2) is 9.79 Å². The largest absolute Gasteiger partial charge is 0.480 e. The van der Waals surface area contributed by atoms with Crippen LogP contribution in [0, 0.1) is 0 Å². The number of carbonyl (C=O) groups excluding carboxylic acids is 6. The minimum absolute atomic E-state index is 0.00587. The van der Waals surface area contributed by atoms with E-state index in [0.29, 0.717) is 16.8 Å². The monoisotopic (exact) mass is 904 g/mol. The van der Waals surface area contributed by atoms with E-state index in [2.05, 4.69) is 41.9 Å². The number of rotatable bonds is 14. The number of benzene rings is 3.